The molecule has 8 bridgehead atoms. The predicted molar refractivity (Wildman–Crippen MR) is 116 cm³/mol. The summed E-state index contributed by atoms with van der Waals surface area (Å²) >= 11 is 3.89. The highest BCUT2D eigenvalue weighted by Gasteiger charge is 2.55. The van der Waals surface area contributed by atoms with E-state index in [1.54, 1.807) is 0 Å². The Kier molecular flexibility index (Phi) is 3.44. The average molecular weight is 441 g/mol. The van der Waals surface area contributed by atoms with Gasteiger partial charge in [-0.2, -0.15) is 0 Å². The van der Waals surface area contributed by atoms with Crippen LogP contribution in [0, 0.1) is 35.5 Å². The van der Waals surface area contributed by atoms with Crippen LogP contribution in [0.3, 0.4) is 0 Å². The molecule has 9 rings (SSSR count). The first-order valence-corrected chi connectivity index (χ1v) is 12.8. The third kappa shape index (κ3) is 2.30. The molecule has 8 fully saturated rings. The van der Waals surface area contributed by atoms with Gasteiger partial charge in [0.25, 0.3) is 0 Å². The van der Waals surface area contributed by atoms with Crippen LogP contribution in [-0.2, 0) is 10.8 Å². The lowest BCUT2D eigenvalue weighted by atomic mass is 9.46. The van der Waals surface area contributed by atoms with Crippen molar-refractivity contribution < 1.29 is 5.11 Å². The van der Waals surface area contributed by atoms with E-state index in [2.05, 4.69) is 28.1 Å². The topological polar surface area (TPSA) is 20.2 Å². The third-order valence-electron chi connectivity index (χ3n) is 10.3. The normalized spacial score (nSPS) is 50.5. The summed E-state index contributed by atoms with van der Waals surface area (Å²) in [5.41, 5.74) is 3.23. The maximum Gasteiger partial charge on any atom is 0.123 e. The molecule has 0 saturated heterocycles. The Bertz CT molecular complexity index is 703. The zero-order valence-electron chi connectivity index (χ0n) is 16.9. The molecule has 1 N–H and O–H groups in total. The van der Waals surface area contributed by atoms with Crippen LogP contribution >= 0.6 is 15.9 Å². The van der Waals surface area contributed by atoms with Gasteiger partial charge in [0.05, 0.1) is 0 Å². The Morgan fingerprint density at radius 1 is 0.607 bits per heavy atom. The van der Waals surface area contributed by atoms with Crippen molar-refractivity contribution in [3.05, 3.63) is 27.7 Å². The van der Waals surface area contributed by atoms with Gasteiger partial charge in [0.2, 0.25) is 0 Å². The SMILES string of the molecule is Oc1c(C23CC4C[C@H](C2)C[C@@H](C4)C3)cc(Br)cc1C12CC3C[C@H](C1)C[C@@H](C3)C2. The van der Waals surface area contributed by atoms with Gasteiger partial charge in [0.15, 0.2) is 0 Å². The molecule has 0 radical (unpaired) electrons. The number of benzene rings is 1. The summed E-state index contributed by atoms with van der Waals surface area (Å²) in [6, 6.07) is 4.65. The minimum Gasteiger partial charge on any atom is -0.507 e. The van der Waals surface area contributed by atoms with Gasteiger partial charge >= 0.3 is 0 Å². The van der Waals surface area contributed by atoms with Crippen molar-refractivity contribution in [2.45, 2.75) is 87.9 Å². The summed E-state index contributed by atoms with van der Waals surface area (Å²) in [5, 5.41) is 11.8. The van der Waals surface area contributed by atoms with Gasteiger partial charge in [0.1, 0.15) is 5.75 Å². The number of halogens is 1. The molecular formula is C26H33BrO. The van der Waals surface area contributed by atoms with Crippen molar-refractivity contribution >= 4 is 15.9 Å². The second kappa shape index (κ2) is 5.59. The molecular weight excluding hydrogens is 408 g/mol. The van der Waals surface area contributed by atoms with Crippen molar-refractivity contribution in [1.82, 2.24) is 0 Å². The summed E-state index contributed by atoms with van der Waals surface area (Å²) in [6.07, 6.45) is 16.8. The smallest absolute Gasteiger partial charge is 0.123 e. The minimum absolute atomic E-state index is 0.277. The third-order valence-corrected chi connectivity index (χ3v) is 10.8. The lowest BCUT2D eigenvalue weighted by Crippen LogP contribution is -2.50. The quantitative estimate of drug-likeness (QED) is 0.519. The van der Waals surface area contributed by atoms with Gasteiger partial charge in [-0.05, 0) is 136 Å². The van der Waals surface area contributed by atoms with Crippen LogP contribution in [0.15, 0.2) is 16.6 Å². The lowest BCUT2D eigenvalue weighted by molar-refractivity contribution is -0.0103. The van der Waals surface area contributed by atoms with E-state index >= 15 is 0 Å². The highest BCUT2D eigenvalue weighted by atomic mass is 79.9. The molecule has 0 heterocycles. The fourth-order valence-electron chi connectivity index (χ4n) is 10.3. The van der Waals surface area contributed by atoms with Crippen LogP contribution in [0.4, 0.5) is 0 Å². The second-order valence-corrected chi connectivity index (χ2v) is 13.2. The van der Waals surface area contributed by atoms with E-state index in [0.29, 0.717) is 0 Å². The molecule has 8 aliphatic rings. The number of phenolic OH excluding ortho intramolecular Hbond substituents is 1. The van der Waals surface area contributed by atoms with Crippen molar-refractivity contribution in [1.29, 1.82) is 0 Å². The molecule has 1 aromatic carbocycles. The Labute approximate surface area is 177 Å². The minimum atomic E-state index is 0.277. The Morgan fingerprint density at radius 3 is 1.18 bits per heavy atom. The van der Waals surface area contributed by atoms with Gasteiger partial charge < -0.3 is 5.11 Å². The number of rotatable bonds is 2. The molecule has 0 aromatic heterocycles. The van der Waals surface area contributed by atoms with E-state index in [-0.39, 0.29) is 10.8 Å². The number of phenols is 1. The summed E-state index contributed by atoms with van der Waals surface area (Å²) in [7, 11) is 0. The highest BCUT2D eigenvalue weighted by Crippen LogP contribution is 2.65. The largest absolute Gasteiger partial charge is 0.507 e. The Balaban J connectivity index is 1.36. The van der Waals surface area contributed by atoms with Gasteiger partial charge in [-0.3, -0.25) is 0 Å². The fraction of sp³-hybridized carbons (Fsp3) is 0.769. The predicted octanol–water partition coefficient (Wildman–Crippen LogP) is 7.09. The van der Waals surface area contributed by atoms with E-state index in [1.165, 1.54) is 92.6 Å². The zero-order valence-corrected chi connectivity index (χ0v) is 18.5. The maximum atomic E-state index is 11.8. The number of aromatic hydroxyl groups is 1. The Morgan fingerprint density at radius 2 is 0.893 bits per heavy atom. The fourth-order valence-corrected chi connectivity index (χ4v) is 10.7. The molecule has 0 spiro atoms. The van der Waals surface area contributed by atoms with E-state index in [1.807, 2.05) is 0 Å². The van der Waals surface area contributed by atoms with Crippen LogP contribution in [0.25, 0.3) is 0 Å². The summed E-state index contributed by atoms with van der Waals surface area (Å²) in [5.74, 6) is 6.27. The van der Waals surface area contributed by atoms with E-state index in [0.717, 1.165) is 41.3 Å². The Hall–Kier alpha value is -0.500. The molecule has 150 valence electrons. The van der Waals surface area contributed by atoms with Gasteiger partial charge in [0, 0.05) is 15.6 Å². The zero-order chi connectivity index (χ0) is 18.7. The van der Waals surface area contributed by atoms with Crippen LogP contribution < -0.4 is 0 Å². The lowest BCUT2D eigenvalue weighted by Gasteiger charge is -2.58. The molecule has 28 heavy (non-hydrogen) atoms. The van der Waals surface area contributed by atoms with E-state index in [9.17, 15) is 5.11 Å². The summed E-state index contributed by atoms with van der Waals surface area (Å²) in [6.45, 7) is 0. The van der Waals surface area contributed by atoms with Crippen molar-refractivity contribution in [2.75, 3.05) is 0 Å². The maximum absolute atomic E-state index is 11.8. The van der Waals surface area contributed by atoms with Crippen molar-refractivity contribution in [3.8, 4) is 5.75 Å². The van der Waals surface area contributed by atoms with Gasteiger partial charge in [-0.1, -0.05) is 15.9 Å². The van der Waals surface area contributed by atoms with Crippen LogP contribution in [0.1, 0.15) is 88.2 Å². The molecule has 8 aliphatic carbocycles. The van der Waals surface area contributed by atoms with Crippen LogP contribution in [0.2, 0.25) is 0 Å². The average Bonchev–Trinajstić information content (AvgIpc) is 2.61. The molecule has 0 aliphatic heterocycles. The van der Waals surface area contributed by atoms with E-state index < -0.39 is 0 Å². The molecule has 1 nitrogen and oxygen atoms in total. The molecule has 0 unspecified atom stereocenters. The monoisotopic (exact) mass is 440 g/mol. The summed E-state index contributed by atoms with van der Waals surface area (Å²) in [4.78, 5) is 0. The standard InChI is InChI=1S/C26H33BrO/c27-21-7-22(25-9-15-1-16(10-25)3-17(2-15)11-25)24(28)23(8-21)26-12-18-4-19(13-26)6-20(5-18)14-26/h7-8,15-20,28H,1-6,9-14H2/t15-,16+,17?,18-,19+,20?,25?,26?. The molecule has 8 saturated carbocycles. The van der Waals surface area contributed by atoms with Gasteiger partial charge in [-0.15, -0.1) is 0 Å². The first-order chi connectivity index (χ1) is 13.5. The summed E-state index contributed by atoms with van der Waals surface area (Å²) < 4.78 is 1.22. The second-order valence-electron chi connectivity index (χ2n) is 12.2. The number of hydrogen-bond acceptors (Lipinski definition) is 1. The van der Waals surface area contributed by atoms with Crippen molar-refractivity contribution in [2.24, 2.45) is 35.5 Å². The van der Waals surface area contributed by atoms with E-state index in [4.69, 9.17) is 0 Å². The number of hydrogen-bond donors (Lipinski definition) is 1. The molecule has 0 atom stereocenters. The first kappa shape index (κ1) is 17.2. The van der Waals surface area contributed by atoms with Crippen LogP contribution in [-0.4, -0.2) is 5.11 Å². The van der Waals surface area contributed by atoms with Gasteiger partial charge in [-0.25, -0.2) is 0 Å². The van der Waals surface area contributed by atoms with Crippen LogP contribution in [0.5, 0.6) is 5.75 Å². The van der Waals surface area contributed by atoms with Crippen molar-refractivity contribution in [3.63, 3.8) is 0 Å². The first-order valence-electron chi connectivity index (χ1n) is 12.0. The molecule has 0 amide bonds. The highest BCUT2D eigenvalue weighted by molar-refractivity contribution is 9.10. The molecule has 2 heteroatoms. The molecule has 1 aromatic rings.